The third kappa shape index (κ3) is 4.50. The van der Waals surface area contributed by atoms with Gasteiger partial charge in [0.2, 0.25) is 5.91 Å². The maximum atomic E-state index is 13.2. The summed E-state index contributed by atoms with van der Waals surface area (Å²) in [5.74, 6) is 1.75. The fourth-order valence-corrected chi connectivity index (χ4v) is 3.39. The van der Waals surface area contributed by atoms with E-state index in [1.807, 2.05) is 44.2 Å². The summed E-state index contributed by atoms with van der Waals surface area (Å²) in [7, 11) is 1.79. The van der Waals surface area contributed by atoms with Crippen molar-refractivity contribution in [2.75, 3.05) is 7.05 Å². The number of benzene rings is 1. The Morgan fingerprint density at radius 3 is 2.34 bits per heavy atom. The lowest BCUT2D eigenvalue weighted by Gasteiger charge is -2.27. The number of likely N-dealkylation sites (N-methyl/N-ethyl adjacent to an activating group) is 1. The van der Waals surface area contributed by atoms with Crippen LogP contribution in [0.5, 0.6) is 0 Å². The molecule has 3 aromatic rings. The highest BCUT2D eigenvalue weighted by atomic mass is 16.2. The minimum Gasteiger partial charge on any atom is -0.331 e. The Balaban J connectivity index is 1.88. The minimum absolute atomic E-state index is 0.0265. The van der Waals surface area contributed by atoms with Crippen LogP contribution in [0.25, 0.3) is 0 Å². The van der Waals surface area contributed by atoms with Gasteiger partial charge in [-0.3, -0.25) is 9.89 Å². The molecule has 29 heavy (non-hydrogen) atoms. The van der Waals surface area contributed by atoms with Gasteiger partial charge in [-0.1, -0.05) is 44.2 Å². The van der Waals surface area contributed by atoms with Crippen LogP contribution in [0.3, 0.4) is 0 Å². The molecule has 2 unspecified atom stereocenters. The van der Waals surface area contributed by atoms with Crippen molar-refractivity contribution in [3.63, 3.8) is 0 Å². The third-order valence-electron chi connectivity index (χ3n) is 5.41. The predicted octanol–water partition coefficient (Wildman–Crippen LogP) is 3.52. The third-order valence-corrected chi connectivity index (χ3v) is 5.41. The van der Waals surface area contributed by atoms with Crippen molar-refractivity contribution in [2.45, 2.75) is 52.5 Å². The van der Waals surface area contributed by atoms with Crippen LogP contribution >= 0.6 is 0 Å². The van der Waals surface area contributed by atoms with Crippen LogP contribution in [-0.4, -0.2) is 43.0 Å². The average molecular weight is 393 g/mol. The second kappa shape index (κ2) is 8.94. The van der Waals surface area contributed by atoms with Gasteiger partial charge in [0.15, 0.2) is 5.82 Å². The zero-order valence-corrected chi connectivity index (χ0v) is 17.7. The lowest BCUT2D eigenvalue weighted by molar-refractivity contribution is -0.130. The number of nitrogens with zero attached hydrogens (tertiary/aromatic N) is 5. The van der Waals surface area contributed by atoms with Crippen molar-refractivity contribution in [2.24, 2.45) is 0 Å². The molecule has 0 spiro atoms. The van der Waals surface area contributed by atoms with Crippen LogP contribution in [0.2, 0.25) is 0 Å². The number of amides is 1. The average Bonchev–Trinajstić information content (AvgIpc) is 3.25. The van der Waals surface area contributed by atoms with Crippen molar-refractivity contribution >= 4 is 5.91 Å². The molecule has 0 aliphatic rings. The zero-order chi connectivity index (χ0) is 21.0. The fourth-order valence-electron chi connectivity index (χ4n) is 3.39. The van der Waals surface area contributed by atoms with Gasteiger partial charge in [-0.15, -0.1) is 0 Å². The van der Waals surface area contributed by atoms with Crippen LogP contribution < -0.4 is 0 Å². The molecule has 2 atom stereocenters. The fraction of sp³-hybridized carbons (Fsp3) is 0.409. The SMILES string of the molecule is CCC(C)c1nc(C)c(CC(=O)N(C)C(c2ccccc2)c2ncn[nH]2)c(C)n1. The molecule has 0 saturated carbocycles. The summed E-state index contributed by atoms with van der Waals surface area (Å²) in [6.45, 7) is 8.15. The molecule has 7 heteroatoms. The van der Waals surface area contributed by atoms with Crippen molar-refractivity contribution in [3.8, 4) is 0 Å². The molecule has 7 nitrogen and oxygen atoms in total. The number of aryl methyl sites for hydroxylation is 2. The van der Waals surface area contributed by atoms with E-state index in [-0.39, 0.29) is 18.4 Å². The molecule has 0 bridgehead atoms. The summed E-state index contributed by atoms with van der Waals surface area (Å²) in [6, 6.07) is 9.48. The topological polar surface area (TPSA) is 87.7 Å². The Hall–Kier alpha value is -3.09. The van der Waals surface area contributed by atoms with Gasteiger partial charge >= 0.3 is 0 Å². The van der Waals surface area contributed by atoms with Crippen LogP contribution in [-0.2, 0) is 11.2 Å². The largest absolute Gasteiger partial charge is 0.331 e. The molecular weight excluding hydrogens is 364 g/mol. The van der Waals surface area contributed by atoms with Crippen LogP contribution in [0.4, 0.5) is 0 Å². The molecule has 1 N–H and O–H groups in total. The smallest absolute Gasteiger partial charge is 0.227 e. The number of rotatable bonds is 7. The highest BCUT2D eigenvalue weighted by molar-refractivity contribution is 5.79. The first-order chi connectivity index (χ1) is 13.9. The Bertz CT molecular complexity index is 932. The molecule has 3 rings (SSSR count). The van der Waals surface area contributed by atoms with Crippen LogP contribution in [0.15, 0.2) is 36.7 Å². The Kier molecular flexibility index (Phi) is 6.36. The molecule has 0 radical (unpaired) electrons. The van der Waals surface area contributed by atoms with E-state index < -0.39 is 0 Å². The summed E-state index contributed by atoms with van der Waals surface area (Å²) in [5.41, 5.74) is 3.59. The number of aromatic amines is 1. The number of H-pyrrole nitrogens is 1. The number of aromatic nitrogens is 5. The maximum Gasteiger partial charge on any atom is 0.227 e. The normalized spacial score (nSPS) is 13.1. The Morgan fingerprint density at radius 1 is 1.14 bits per heavy atom. The molecule has 2 aromatic heterocycles. The maximum absolute atomic E-state index is 13.2. The van der Waals surface area contributed by atoms with Gasteiger partial charge in [0, 0.05) is 29.9 Å². The summed E-state index contributed by atoms with van der Waals surface area (Å²) in [5, 5.41) is 6.87. The number of carbonyl (C=O) groups excluding carboxylic acids is 1. The molecule has 1 amide bonds. The van der Waals surface area contributed by atoms with Crippen LogP contribution in [0.1, 0.15) is 66.4 Å². The van der Waals surface area contributed by atoms with Gasteiger partial charge in [0.1, 0.15) is 18.2 Å². The first kappa shape index (κ1) is 20.6. The molecule has 1 aromatic carbocycles. The van der Waals surface area contributed by atoms with E-state index in [9.17, 15) is 4.79 Å². The number of hydrogen-bond acceptors (Lipinski definition) is 5. The molecule has 2 heterocycles. The predicted molar refractivity (Wildman–Crippen MR) is 111 cm³/mol. The lowest BCUT2D eigenvalue weighted by atomic mass is 10.0. The van der Waals surface area contributed by atoms with Crippen LogP contribution in [0, 0.1) is 13.8 Å². The van der Waals surface area contributed by atoms with Gasteiger partial charge in [0.05, 0.1) is 6.42 Å². The van der Waals surface area contributed by atoms with Crippen molar-refractivity contribution in [1.82, 2.24) is 30.0 Å². The number of hydrogen-bond donors (Lipinski definition) is 1. The quantitative estimate of drug-likeness (QED) is 0.665. The lowest BCUT2D eigenvalue weighted by Crippen LogP contribution is -2.34. The standard InChI is InChI=1S/C22H28N6O/c1-6-14(2)21-25-15(3)18(16(4)26-21)12-19(29)28(5)20(22-23-13-24-27-22)17-10-8-7-9-11-17/h7-11,13-14,20H,6,12H2,1-5H3,(H,23,24,27). The van der Waals surface area contributed by atoms with Gasteiger partial charge < -0.3 is 4.90 Å². The Morgan fingerprint density at radius 2 is 1.79 bits per heavy atom. The summed E-state index contributed by atoms with van der Waals surface area (Å²) < 4.78 is 0. The zero-order valence-electron chi connectivity index (χ0n) is 17.7. The molecule has 152 valence electrons. The minimum atomic E-state index is -0.341. The number of nitrogens with one attached hydrogen (secondary N) is 1. The van der Waals surface area contributed by atoms with Gasteiger partial charge in [0.25, 0.3) is 0 Å². The molecule has 0 aliphatic heterocycles. The van der Waals surface area contributed by atoms with E-state index in [1.54, 1.807) is 11.9 Å². The summed E-state index contributed by atoms with van der Waals surface area (Å²) >= 11 is 0. The van der Waals surface area contributed by atoms with Gasteiger partial charge in [-0.25, -0.2) is 15.0 Å². The second-order valence-corrected chi connectivity index (χ2v) is 7.41. The van der Waals surface area contributed by atoms with E-state index in [0.29, 0.717) is 11.7 Å². The first-order valence-electron chi connectivity index (χ1n) is 9.92. The summed E-state index contributed by atoms with van der Waals surface area (Å²) in [6.07, 6.45) is 2.68. The van der Waals surface area contributed by atoms with Gasteiger partial charge in [-0.05, 0) is 25.8 Å². The highest BCUT2D eigenvalue weighted by Gasteiger charge is 2.27. The second-order valence-electron chi connectivity index (χ2n) is 7.41. The van der Waals surface area contributed by atoms with E-state index in [1.165, 1.54) is 6.33 Å². The van der Waals surface area contributed by atoms with Gasteiger partial charge in [-0.2, -0.15) is 5.10 Å². The van der Waals surface area contributed by atoms with Crippen molar-refractivity contribution < 1.29 is 4.79 Å². The van der Waals surface area contributed by atoms with E-state index in [0.717, 1.165) is 34.8 Å². The monoisotopic (exact) mass is 392 g/mol. The first-order valence-corrected chi connectivity index (χ1v) is 9.92. The van der Waals surface area contributed by atoms with E-state index >= 15 is 0 Å². The molecule has 0 aliphatic carbocycles. The molecule has 0 fully saturated rings. The van der Waals surface area contributed by atoms with E-state index in [4.69, 9.17) is 0 Å². The number of carbonyl (C=O) groups is 1. The van der Waals surface area contributed by atoms with Crippen molar-refractivity contribution in [3.05, 3.63) is 70.8 Å². The molecule has 0 saturated heterocycles. The van der Waals surface area contributed by atoms with E-state index in [2.05, 4.69) is 39.0 Å². The molecular formula is C22H28N6O. The summed E-state index contributed by atoms with van der Waals surface area (Å²) in [4.78, 5) is 28.5. The highest BCUT2D eigenvalue weighted by Crippen LogP contribution is 2.26. The van der Waals surface area contributed by atoms with Crippen molar-refractivity contribution in [1.29, 1.82) is 0 Å². The Labute approximate surface area is 171 Å².